The molecule has 0 atom stereocenters. The fourth-order valence-electron chi connectivity index (χ4n) is 0.411. The summed E-state index contributed by atoms with van der Waals surface area (Å²) in [7, 11) is 0. The van der Waals surface area contributed by atoms with Crippen molar-refractivity contribution in [1.29, 1.82) is 0 Å². The number of allylic oxidation sites excluding steroid dienone is 3. The van der Waals surface area contributed by atoms with Gasteiger partial charge >= 0.3 is 0 Å². The summed E-state index contributed by atoms with van der Waals surface area (Å²) < 4.78 is 0. The molecule has 0 aromatic heterocycles. The van der Waals surface area contributed by atoms with Crippen molar-refractivity contribution in [2.24, 2.45) is 5.73 Å². The fraction of sp³-hybridized carbons (Fsp3) is 0.500. The Morgan fingerprint density at radius 3 is 2.22 bits per heavy atom. The van der Waals surface area contributed by atoms with E-state index in [2.05, 4.69) is 26.8 Å². The van der Waals surface area contributed by atoms with Crippen LogP contribution in [0, 0.1) is 0 Å². The minimum absolute atomic E-state index is 0.630. The highest BCUT2D eigenvalue weighted by Gasteiger charge is 1.81. The van der Waals surface area contributed by atoms with E-state index in [1.54, 1.807) is 0 Å². The molecule has 1 heteroatoms. The molecule has 0 aliphatic carbocycles. The molecule has 0 spiro atoms. The summed E-state index contributed by atoms with van der Waals surface area (Å²) in [5.41, 5.74) is 7.92. The first-order chi connectivity index (χ1) is 4.18. The molecule has 0 aliphatic heterocycles. The maximum absolute atomic E-state index is 5.27. The third-order valence-electron chi connectivity index (χ3n) is 1.29. The Balaban J connectivity index is 3.91. The van der Waals surface area contributed by atoms with Gasteiger partial charge in [-0.1, -0.05) is 23.3 Å². The van der Waals surface area contributed by atoms with Crippen LogP contribution >= 0.6 is 0 Å². The maximum Gasteiger partial charge on any atom is 0.0110 e. The molecule has 0 amide bonds. The van der Waals surface area contributed by atoms with E-state index >= 15 is 0 Å². The standard InChI is InChI=1S/C8H15N/c1-7(2)8(3)5-4-6-9/h4-5H,6,9H2,1-3H3/b5-4-. The van der Waals surface area contributed by atoms with E-state index in [1.807, 2.05) is 6.08 Å². The van der Waals surface area contributed by atoms with Crippen molar-refractivity contribution in [2.45, 2.75) is 20.8 Å². The van der Waals surface area contributed by atoms with E-state index in [4.69, 9.17) is 5.73 Å². The van der Waals surface area contributed by atoms with Crippen LogP contribution in [0.3, 0.4) is 0 Å². The summed E-state index contributed by atoms with van der Waals surface area (Å²) in [4.78, 5) is 0. The van der Waals surface area contributed by atoms with E-state index in [9.17, 15) is 0 Å². The van der Waals surface area contributed by atoms with Gasteiger partial charge in [-0.2, -0.15) is 0 Å². The molecule has 2 N–H and O–H groups in total. The molecular weight excluding hydrogens is 110 g/mol. The van der Waals surface area contributed by atoms with E-state index in [0.717, 1.165) is 0 Å². The van der Waals surface area contributed by atoms with Crippen molar-refractivity contribution < 1.29 is 0 Å². The van der Waals surface area contributed by atoms with Crippen LogP contribution in [0.1, 0.15) is 20.8 Å². The molecule has 0 saturated carbocycles. The van der Waals surface area contributed by atoms with Gasteiger partial charge in [0.2, 0.25) is 0 Å². The molecule has 1 nitrogen and oxygen atoms in total. The Kier molecular flexibility index (Phi) is 4.06. The first-order valence-electron chi connectivity index (χ1n) is 3.19. The van der Waals surface area contributed by atoms with Crippen molar-refractivity contribution in [3.8, 4) is 0 Å². The molecule has 0 rings (SSSR count). The topological polar surface area (TPSA) is 26.0 Å². The zero-order valence-electron chi connectivity index (χ0n) is 6.44. The van der Waals surface area contributed by atoms with Gasteiger partial charge in [-0.05, 0) is 20.8 Å². The maximum atomic E-state index is 5.27. The monoisotopic (exact) mass is 125 g/mol. The zero-order valence-corrected chi connectivity index (χ0v) is 6.44. The Morgan fingerprint density at radius 1 is 1.33 bits per heavy atom. The van der Waals surface area contributed by atoms with Crippen LogP contribution in [0.2, 0.25) is 0 Å². The predicted molar refractivity (Wildman–Crippen MR) is 42.2 cm³/mol. The number of hydrogen-bond donors (Lipinski definition) is 1. The fourth-order valence-corrected chi connectivity index (χ4v) is 0.411. The van der Waals surface area contributed by atoms with Crippen molar-refractivity contribution in [2.75, 3.05) is 6.54 Å². The second-order valence-corrected chi connectivity index (χ2v) is 2.32. The van der Waals surface area contributed by atoms with Gasteiger partial charge < -0.3 is 5.73 Å². The highest BCUT2D eigenvalue weighted by atomic mass is 14.5. The number of rotatable bonds is 2. The highest BCUT2D eigenvalue weighted by Crippen LogP contribution is 2.01. The third kappa shape index (κ3) is 3.98. The average Bonchev–Trinajstić information content (AvgIpc) is 1.82. The van der Waals surface area contributed by atoms with Gasteiger partial charge in [-0.3, -0.25) is 0 Å². The summed E-state index contributed by atoms with van der Waals surface area (Å²) in [6, 6.07) is 0. The Morgan fingerprint density at radius 2 is 1.89 bits per heavy atom. The minimum Gasteiger partial charge on any atom is -0.327 e. The molecule has 0 aliphatic rings. The normalized spacial score (nSPS) is 10.2. The van der Waals surface area contributed by atoms with Crippen LogP contribution in [0.5, 0.6) is 0 Å². The third-order valence-corrected chi connectivity index (χ3v) is 1.29. The van der Waals surface area contributed by atoms with Crippen molar-refractivity contribution in [3.05, 3.63) is 23.3 Å². The summed E-state index contributed by atoms with van der Waals surface area (Å²) in [5, 5.41) is 0. The van der Waals surface area contributed by atoms with Crippen LogP contribution in [0.25, 0.3) is 0 Å². The van der Waals surface area contributed by atoms with Gasteiger partial charge in [0.15, 0.2) is 0 Å². The molecule has 9 heavy (non-hydrogen) atoms. The van der Waals surface area contributed by atoms with Gasteiger partial charge in [-0.15, -0.1) is 0 Å². The SMILES string of the molecule is CC(C)=C(C)/C=C\CN. The first-order valence-corrected chi connectivity index (χ1v) is 3.19. The van der Waals surface area contributed by atoms with Gasteiger partial charge in [-0.25, -0.2) is 0 Å². The highest BCUT2D eigenvalue weighted by molar-refractivity contribution is 5.20. The number of hydrogen-bond acceptors (Lipinski definition) is 1. The molecule has 52 valence electrons. The quantitative estimate of drug-likeness (QED) is 0.560. The zero-order chi connectivity index (χ0) is 7.28. The first kappa shape index (κ1) is 8.44. The molecule has 0 radical (unpaired) electrons. The molecule has 0 heterocycles. The van der Waals surface area contributed by atoms with Gasteiger partial charge in [0.05, 0.1) is 0 Å². The van der Waals surface area contributed by atoms with E-state index in [0.29, 0.717) is 6.54 Å². The van der Waals surface area contributed by atoms with Crippen LogP contribution in [-0.2, 0) is 0 Å². The lowest BCUT2D eigenvalue weighted by atomic mass is 10.2. The van der Waals surface area contributed by atoms with Gasteiger partial charge in [0, 0.05) is 6.54 Å². The lowest BCUT2D eigenvalue weighted by Crippen LogP contribution is -1.92. The van der Waals surface area contributed by atoms with Crippen molar-refractivity contribution in [3.63, 3.8) is 0 Å². The molecule has 0 bridgehead atoms. The second kappa shape index (κ2) is 4.33. The molecule has 0 saturated heterocycles. The van der Waals surface area contributed by atoms with Crippen LogP contribution in [-0.4, -0.2) is 6.54 Å². The molecule has 0 fully saturated rings. The Labute approximate surface area is 57.3 Å². The molecular formula is C8H15N. The van der Waals surface area contributed by atoms with Crippen molar-refractivity contribution >= 4 is 0 Å². The number of nitrogens with two attached hydrogens (primary N) is 1. The van der Waals surface area contributed by atoms with E-state index < -0.39 is 0 Å². The molecule has 0 aromatic carbocycles. The second-order valence-electron chi connectivity index (χ2n) is 2.32. The lowest BCUT2D eigenvalue weighted by Gasteiger charge is -1.93. The average molecular weight is 125 g/mol. The Hall–Kier alpha value is -0.560. The van der Waals surface area contributed by atoms with Gasteiger partial charge in [0.1, 0.15) is 0 Å². The summed E-state index contributed by atoms with van der Waals surface area (Å²) in [5.74, 6) is 0. The summed E-state index contributed by atoms with van der Waals surface area (Å²) in [6.45, 7) is 6.90. The van der Waals surface area contributed by atoms with Gasteiger partial charge in [0.25, 0.3) is 0 Å². The van der Waals surface area contributed by atoms with Crippen LogP contribution in [0.4, 0.5) is 0 Å². The lowest BCUT2D eigenvalue weighted by molar-refractivity contribution is 1.23. The molecule has 0 aromatic rings. The van der Waals surface area contributed by atoms with E-state index in [-0.39, 0.29) is 0 Å². The minimum atomic E-state index is 0.630. The summed E-state index contributed by atoms with van der Waals surface area (Å²) in [6.07, 6.45) is 4.01. The smallest absolute Gasteiger partial charge is 0.0110 e. The largest absolute Gasteiger partial charge is 0.327 e. The van der Waals surface area contributed by atoms with Crippen LogP contribution in [0.15, 0.2) is 23.3 Å². The molecule has 0 unspecified atom stereocenters. The predicted octanol–water partition coefficient (Wildman–Crippen LogP) is 1.86. The van der Waals surface area contributed by atoms with Crippen molar-refractivity contribution in [1.82, 2.24) is 0 Å². The Bertz CT molecular complexity index is 128. The summed E-state index contributed by atoms with van der Waals surface area (Å²) >= 11 is 0. The van der Waals surface area contributed by atoms with E-state index in [1.165, 1.54) is 11.1 Å². The van der Waals surface area contributed by atoms with Crippen LogP contribution < -0.4 is 5.73 Å².